The van der Waals surface area contributed by atoms with Crippen molar-refractivity contribution in [3.63, 3.8) is 0 Å². The standard InChI is InChI=1S/C11H16O.2C2H6/c1-2-3-9-12-10-11-7-5-4-6-8-11;2*1-2/h4-8H,2-3,9-10H2,1H3;2*1-2H3. The van der Waals surface area contributed by atoms with Crippen molar-refractivity contribution in [2.24, 2.45) is 0 Å². The van der Waals surface area contributed by atoms with Crippen LogP contribution in [0.1, 0.15) is 53.0 Å². The highest BCUT2D eigenvalue weighted by molar-refractivity contribution is 5.13. The lowest BCUT2D eigenvalue weighted by molar-refractivity contribution is 0.118. The van der Waals surface area contributed by atoms with Gasteiger partial charge < -0.3 is 4.74 Å². The van der Waals surface area contributed by atoms with Gasteiger partial charge in [0.1, 0.15) is 0 Å². The molecule has 1 aromatic rings. The maximum Gasteiger partial charge on any atom is 0.0716 e. The van der Waals surface area contributed by atoms with Crippen LogP contribution in [-0.4, -0.2) is 6.61 Å². The van der Waals surface area contributed by atoms with E-state index in [4.69, 9.17) is 4.74 Å². The van der Waals surface area contributed by atoms with E-state index in [2.05, 4.69) is 19.1 Å². The predicted molar refractivity (Wildman–Crippen MR) is 73.7 cm³/mol. The molecule has 1 nitrogen and oxygen atoms in total. The average Bonchev–Trinajstić information content (AvgIpc) is 2.41. The molecule has 0 aliphatic carbocycles. The Morgan fingerprint density at radius 1 is 0.938 bits per heavy atom. The van der Waals surface area contributed by atoms with Crippen LogP contribution in [0.25, 0.3) is 0 Å². The van der Waals surface area contributed by atoms with Crippen LogP contribution in [0.4, 0.5) is 0 Å². The van der Waals surface area contributed by atoms with Gasteiger partial charge in [-0.3, -0.25) is 0 Å². The Balaban J connectivity index is 0. The average molecular weight is 224 g/mol. The third kappa shape index (κ3) is 11.3. The summed E-state index contributed by atoms with van der Waals surface area (Å²) in [6.07, 6.45) is 2.36. The van der Waals surface area contributed by atoms with E-state index in [1.54, 1.807) is 0 Å². The second-order valence-electron chi connectivity index (χ2n) is 2.89. The van der Waals surface area contributed by atoms with Gasteiger partial charge in [0.2, 0.25) is 0 Å². The van der Waals surface area contributed by atoms with Gasteiger partial charge >= 0.3 is 0 Å². The summed E-state index contributed by atoms with van der Waals surface area (Å²) >= 11 is 0. The van der Waals surface area contributed by atoms with Gasteiger partial charge in [0.05, 0.1) is 6.61 Å². The third-order valence-electron chi connectivity index (χ3n) is 1.75. The summed E-state index contributed by atoms with van der Waals surface area (Å²) < 4.78 is 5.46. The van der Waals surface area contributed by atoms with Gasteiger partial charge in [-0.05, 0) is 12.0 Å². The highest BCUT2D eigenvalue weighted by Crippen LogP contribution is 2.00. The predicted octanol–water partition coefficient (Wildman–Crippen LogP) is 5.06. The number of benzene rings is 1. The third-order valence-corrected chi connectivity index (χ3v) is 1.75. The van der Waals surface area contributed by atoms with Gasteiger partial charge in [-0.25, -0.2) is 0 Å². The molecule has 0 atom stereocenters. The van der Waals surface area contributed by atoms with E-state index in [0.29, 0.717) is 0 Å². The van der Waals surface area contributed by atoms with Crippen LogP contribution in [0.2, 0.25) is 0 Å². The van der Waals surface area contributed by atoms with Crippen LogP contribution in [-0.2, 0) is 11.3 Å². The molecule has 0 spiro atoms. The number of rotatable bonds is 5. The lowest BCUT2D eigenvalue weighted by Crippen LogP contribution is -1.94. The smallest absolute Gasteiger partial charge is 0.0716 e. The molecule has 0 N–H and O–H groups in total. The molecule has 0 saturated heterocycles. The van der Waals surface area contributed by atoms with Crippen LogP contribution in [0.3, 0.4) is 0 Å². The highest BCUT2D eigenvalue weighted by Gasteiger charge is 1.89. The fraction of sp³-hybridized carbons (Fsp3) is 0.600. The Bertz CT molecular complexity index is 194. The van der Waals surface area contributed by atoms with Gasteiger partial charge in [0.25, 0.3) is 0 Å². The van der Waals surface area contributed by atoms with E-state index >= 15 is 0 Å². The summed E-state index contributed by atoms with van der Waals surface area (Å²) in [4.78, 5) is 0. The SMILES string of the molecule is CC.CC.CCCCOCc1ccccc1. The first-order valence-corrected chi connectivity index (χ1v) is 6.55. The van der Waals surface area contributed by atoms with Gasteiger partial charge in [-0.15, -0.1) is 0 Å². The Hall–Kier alpha value is -0.820. The Morgan fingerprint density at radius 3 is 2.00 bits per heavy atom. The van der Waals surface area contributed by atoms with E-state index < -0.39 is 0 Å². The molecule has 0 bridgehead atoms. The number of unbranched alkanes of at least 4 members (excludes halogenated alkanes) is 1. The molecule has 0 heterocycles. The first-order chi connectivity index (χ1) is 7.93. The van der Waals surface area contributed by atoms with Crippen molar-refractivity contribution in [1.29, 1.82) is 0 Å². The highest BCUT2D eigenvalue weighted by atomic mass is 16.5. The molecule has 0 aliphatic heterocycles. The second kappa shape index (κ2) is 16.6. The summed E-state index contributed by atoms with van der Waals surface area (Å²) in [6.45, 7) is 11.8. The Kier molecular flexibility index (Phi) is 18.2. The van der Waals surface area contributed by atoms with Gasteiger partial charge in [-0.2, -0.15) is 0 Å². The second-order valence-corrected chi connectivity index (χ2v) is 2.89. The molecule has 1 aromatic carbocycles. The zero-order valence-corrected chi connectivity index (χ0v) is 11.6. The fourth-order valence-electron chi connectivity index (χ4n) is 1.01. The lowest BCUT2D eigenvalue weighted by atomic mass is 10.2. The molecule has 1 rings (SSSR count). The minimum Gasteiger partial charge on any atom is -0.377 e. The Labute approximate surface area is 102 Å². The Morgan fingerprint density at radius 2 is 1.50 bits per heavy atom. The molecule has 94 valence electrons. The van der Waals surface area contributed by atoms with Crippen molar-refractivity contribution < 1.29 is 4.74 Å². The molecule has 0 amide bonds. The van der Waals surface area contributed by atoms with E-state index in [0.717, 1.165) is 19.6 Å². The molecule has 0 aromatic heterocycles. The minimum atomic E-state index is 0.751. The molecule has 1 heteroatoms. The zero-order valence-electron chi connectivity index (χ0n) is 11.6. The first kappa shape index (κ1) is 17.6. The van der Waals surface area contributed by atoms with E-state index in [1.165, 1.54) is 12.0 Å². The molecule has 0 radical (unpaired) electrons. The monoisotopic (exact) mass is 224 g/mol. The normalized spacial score (nSPS) is 8.31. The van der Waals surface area contributed by atoms with E-state index in [1.807, 2.05) is 45.9 Å². The number of hydrogen-bond acceptors (Lipinski definition) is 1. The lowest BCUT2D eigenvalue weighted by Gasteiger charge is -2.02. The summed E-state index contributed by atoms with van der Waals surface area (Å²) in [5.41, 5.74) is 1.26. The zero-order chi connectivity index (χ0) is 12.6. The van der Waals surface area contributed by atoms with Crippen molar-refractivity contribution in [2.75, 3.05) is 6.61 Å². The number of hydrogen-bond donors (Lipinski definition) is 0. The first-order valence-electron chi connectivity index (χ1n) is 6.55. The molecule has 0 fully saturated rings. The van der Waals surface area contributed by atoms with E-state index in [9.17, 15) is 0 Å². The summed E-state index contributed by atoms with van der Waals surface area (Å²) in [5, 5.41) is 0. The molecule has 0 aliphatic rings. The van der Waals surface area contributed by atoms with E-state index in [-0.39, 0.29) is 0 Å². The largest absolute Gasteiger partial charge is 0.377 e. The molecular weight excluding hydrogens is 196 g/mol. The molecule has 16 heavy (non-hydrogen) atoms. The minimum absolute atomic E-state index is 0.751. The molecular formula is C15H28O. The summed E-state index contributed by atoms with van der Waals surface area (Å²) in [5.74, 6) is 0. The quantitative estimate of drug-likeness (QED) is 0.635. The van der Waals surface area contributed by atoms with Crippen LogP contribution >= 0.6 is 0 Å². The fourth-order valence-corrected chi connectivity index (χ4v) is 1.01. The molecule has 0 unspecified atom stereocenters. The topological polar surface area (TPSA) is 9.23 Å². The summed E-state index contributed by atoms with van der Waals surface area (Å²) in [7, 11) is 0. The van der Waals surface area contributed by atoms with Crippen LogP contribution in [0.5, 0.6) is 0 Å². The van der Waals surface area contributed by atoms with Gasteiger partial charge in [0, 0.05) is 6.61 Å². The van der Waals surface area contributed by atoms with Crippen LogP contribution < -0.4 is 0 Å². The van der Waals surface area contributed by atoms with Crippen LogP contribution in [0.15, 0.2) is 30.3 Å². The maximum atomic E-state index is 5.46. The van der Waals surface area contributed by atoms with Crippen LogP contribution in [0, 0.1) is 0 Å². The molecule has 0 saturated carbocycles. The van der Waals surface area contributed by atoms with Crippen molar-refractivity contribution in [2.45, 2.75) is 54.1 Å². The summed E-state index contributed by atoms with van der Waals surface area (Å²) in [6, 6.07) is 10.3. The number of ether oxygens (including phenoxy) is 1. The van der Waals surface area contributed by atoms with Crippen molar-refractivity contribution in [3.05, 3.63) is 35.9 Å². The maximum absolute atomic E-state index is 5.46. The van der Waals surface area contributed by atoms with Crippen molar-refractivity contribution >= 4 is 0 Å². The van der Waals surface area contributed by atoms with Gasteiger partial charge in [0.15, 0.2) is 0 Å². The van der Waals surface area contributed by atoms with Crippen molar-refractivity contribution in [3.8, 4) is 0 Å². The van der Waals surface area contributed by atoms with Gasteiger partial charge in [-0.1, -0.05) is 71.4 Å². The van der Waals surface area contributed by atoms with Crippen molar-refractivity contribution in [1.82, 2.24) is 0 Å².